The molecule has 0 unspecified atom stereocenters. The quantitative estimate of drug-likeness (QED) is 0.562. The number of hydrogen-bond acceptors (Lipinski definition) is 2. The second-order valence-electron chi connectivity index (χ2n) is 3.80. The zero-order chi connectivity index (χ0) is 11.0. The first-order valence-electron chi connectivity index (χ1n) is 5.11. The Balaban J connectivity index is 0.00000128. The van der Waals surface area contributed by atoms with Gasteiger partial charge in [-0.3, -0.25) is 4.98 Å². The number of fused-ring (bicyclic) bond motifs is 1. The Hall–Kier alpha value is -0.00364. The van der Waals surface area contributed by atoms with E-state index in [0.29, 0.717) is 5.82 Å². The fraction of sp³-hybridized carbons (Fsp3) is 0.308. The molecule has 0 spiro atoms. The van der Waals surface area contributed by atoms with Crippen LogP contribution in [0.3, 0.4) is 0 Å². The first-order valence-corrected chi connectivity index (χ1v) is 5.11. The molecule has 1 N–H and O–H groups in total. The maximum atomic E-state index is 7.82. The van der Waals surface area contributed by atoms with Crippen molar-refractivity contribution < 1.29 is 51.4 Å². The molecule has 0 fully saturated rings. The topological polar surface area (TPSA) is 49.6 Å². The normalized spacial score (nSPS) is 9.59. The maximum Gasteiger partial charge on any atom is 1.00 e. The number of rotatable bonds is 1. The third-order valence-corrected chi connectivity index (χ3v) is 2.67. The van der Waals surface area contributed by atoms with Crippen LogP contribution in [0.15, 0.2) is 12.1 Å². The molecule has 3 nitrogen and oxygen atoms in total. The minimum atomic E-state index is 0. The summed E-state index contributed by atoms with van der Waals surface area (Å²) in [5, 5.41) is 0.843. The summed E-state index contributed by atoms with van der Waals surface area (Å²) < 4.78 is 0. The summed E-state index contributed by atoms with van der Waals surface area (Å²) in [6.45, 7) is 6.11. The Morgan fingerprint density at radius 3 is 2.29 bits per heavy atom. The summed E-state index contributed by atoms with van der Waals surface area (Å²) in [7, 11) is 0. The minimum Gasteiger partial charge on any atom is -0.481 e. The van der Waals surface area contributed by atoms with E-state index in [1.807, 2.05) is 26.0 Å². The molecule has 0 saturated carbocycles. The molecule has 1 aromatic carbocycles. The van der Waals surface area contributed by atoms with Crippen LogP contribution < -0.4 is 51.4 Å². The molecule has 0 bridgehead atoms. The van der Waals surface area contributed by atoms with Gasteiger partial charge in [-0.15, -0.1) is 0 Å². The van der Waals surface area contributed by atoms with Crippen molar-refractivity contribution in [2.75, 3.05) is 0 Å². The van der Waals surface area contributed by atoms with Crippen LogP contribution in [-0.4, -0.2) is 9.97 Å². The second-order valence-corrected chi connectivity index (χ2v) is 3.80. The molecule has 2 rings (SSSR count). The van der Waals surface area contributed by atoms with E-state index in [1.165, 1.54) is 11.1 Å². The number of benzene rings is 1. The molecule has 0 aliphatic rings. The molecule has 86 valence electrons. The van der Waals surface area contributed by atoms with Crippen molar-refractivity contribution in [1.29, 1.82) is 0 Å². The third-order valence-electron chi connectivity index (χ3n) is 2.67. The van der Waals surface area contributed by atoms with Gasteiger partial charge in [-0.2, -0.15) is 0 Å². The molecule has 1 heterocycles. The van der Waals surface area contributed by atoms with Crippen LogP contribution in [0.4, 0.5) is 5.82 Å². The average Bonchev–Trinajstić information content (AvgIpc) is 2.21. The van der Waals surface area contributed by atoms with Crippen molar-refractivity contribution in [3.63, 3.8) is 0 Å². The van der Waals surface area contributed by atoms with E-state index in [0.717, 1.165) is 23.1 Å². The molecular weight excluding hydrogens is 237 g/mol. The molecule has 4 heteroatoms. The third kappa shape index (κ3) is 3.48. The van der Waals surface area contributed by atoms with E-state index < -0.39 is 0 Å². The van der Waals surface area contributed by atoms with Gasteiger partial charge in [-0.25, -0.2) is 0 Å². The van der Waals surface area contributed by atoms with Crippen molar-refractivity contribution in [2.45, 2.75) is 27.2 Å². The number of aryl methyl sites for hydroxylation is 3. The van der Waals surface area contributed by atoms with Crippen molar-refractivity contribution in [3.8, 4) is 0 Å². The van der Waals surface area contributed by atoms with Crippen molar-refractivity contribution in [2.24, 2.45) is 0 Å². The predicted octanol–water partition coefficient (Wildman–Crippen LogP) is 0.947. The van der Waals surface area contributed by atoms with Crippen molar-refractivity contribution in [3.05, 3.63) is 42.2 Å². The average molecular weight is 254 g/mol. The summed E-state index contributed by atoms with van der Waals surface area (Å²) in [5.41, 5.74) is 11.1. The molecule has 0 amide bonds. The van der Waals surface area contributed by atoms with Crippen molar-refractivity contribution >= 4 is 16.7 Å². The first-order chi connectivity index (χ1) is 7.11. The van der Waals surface area contributed by atoms with Gasteiger partial charge in [0.05, 0.1) is 5.52 Å². The zero-order valence-corrected chi connectivity index (χ0v) is 14.4. The molecular formula is C13H17KN3-. The maximum absolute atomic E-state index is 7.82. The first kappa shape index (κ1) is 17.0. The molecule has 0 aliphatic heterocycles. The number of hydrogen-bond donors (Lipinski definition) is 0. The second kappa shape index (κ2) is 6.80. The van der Waals surface area contributed by atoms with Gasteiger partial charge in [0, 0.05) is 5.82 Å². The number of nitrogens with one attached hydrogen (secondary N) is 1. The van der Waals surface area contributed by atoms with Crippen LogP contribution in [0.1, 0.15) is 23.9 Å². The van der Waals surface area contributed by atoms with E-state index >= 15 is 0 Å². The summed E-state index contributed by atoms with van der Waals surface area (Å²) in [5.74, 6) is 1.08. The molecule has 0 atom stereocenters. The Morgan fingerprint density at radius 2 is 1.71 bits per heavy atom. The minimum absolute atomic E-state index is 0. The molecule has 0 radical (unpaired) electrons. The van der Waals surface area contributed by atoms with Crippen LogP contribution in [0, 0.1) is 21.3 Å². The Morgan fingerprint density at radius 1 is 1.12 bits per heavy atom. The monoisotopic (exact) mass is 254 g/mol. The van der Waals surface area contributed by atoms with E-state index in [2.05, 4.69) is 16.9 Å². The summed E-state index contributed by atoms with van der Waals surface area (Å²) in [4.78, 5) is 8.57. The van der Waals surface area contributed by atoms with Crippen LogP contribution in [0.2, 0.25) is 0 Å². The van der Waals surface area contributed by atoms with Crippen LogP contribution in [0.5, 0.6) is 0 Å². The van der Waals surface area contributed by atoms with Gasteiger partial charge < -0.3 is 18.1 Å². The van der Waals surface area contributed by atoms with Crippen LogP contribution >= 0.6 is 0 Å². The van der Waals surface area contributed by atoms with E-state index in [4.69, 9.17) is 5.73 Å². The van der Waals surface area contributed by atoms with Gasteiger partial charge in [-0.05, 0) is 48.9 Å². The Labute approximate surface area is 146 Å². The van der Waals surface area contributed by atoms with Gasteiger partial charge in [0.1, 0.15) is 0 Å². The molecule has 2 aromatic rings. The van der Waals surface area contributed by atoms with Crippen LogP contribution in [0.25, 0.3) is 16.6 Å². The van der Waals surface area contributed by atoms with Crippen molar-refractivity contribution in [1.82, 2.24) is 9.97 Å². The van der Waals surface area contributed by atoms with E-state index in [-0.39, 0.29) is 58.8 Å². The largest absolute Gasteiger partial charge is 1.00 e. The SMILES string of the molecule is CCc1nc([NH-])c2cc(C)c(C)cc2n1.[CH3-].[K+]. The molecule has 17 heavy (non-hydrogen) atoms. The number of nitrogens with zero attached hydrogens (tertiary/aromatic N) is 2. The van der Waals surface area contributed by atoms with Gasteiger partial charge in [0.15, 0.2) is 0 Å². The summed E-state index contributed by atoms with van der Waals surface area (Å²) >= 11 is 0. The van der Waals surface area contributed by atoms with Gasteiger partial charge in [0.25, 0.3) is 0 Å². The summed E-state index contributed by atoms with van der Waals surface area (Å²) in [6, 6.07) is 4.02. The summed E-state index contributed by atoms with van der Waals surface area (Å²) in [6.07, 6.45) is 0.773. The molecule has 0 aliphatic carbocycles. The predicted molar refractivity (Wildman–Crippen MR) is 68.8 cm³/mol. The van der Waals surface area contributed by atoms with E-state index in [1.54, 1.807) is 0 Å². The zero-order valence-electron chi connectivity index (χ0n) is 11.3. The fourth-order valence-corrected chi connectivity index (χ4v) is 1.59. The van der Waals surface area contributed by atoms with Gasteiger partial charge in [0.2, 0.25) is 0 Å². The van der Waals surface area contributed by atoms with Gasteiger partial charge >= 0.3 is 51.4 Å². The van der Waals surface area contributed by atoms with Crippen LogP contribution in [-0.2, 0) is 6.42 Å². The van der Waals surface area contributed by atoms with E-state index in [9.17, 15) is 0 Å². The Kier molecular flexibility index (Phi) is 6.80. The molecule has 0 saturated heterocycles. The molecule has 1 aromatic heterocycles. The number of aromatic nitrogens is 2. The van der Waals surface area contributed by atoms with Gasteiger partial charge in [-0.1, -0.05) is 12.7 Å². The standard InChI is InChI=1S/C12H14N3.CH3.K/c1-4-11-14-10-6-8(3)7(2)5-9(10)12(13)15-11;;/h5-6H,4H2,1-3H3,(H-,13,14,15);1H3;/q2*-1;+1. The smallest absolute Gasteiger partial charge is 0.481 e. The Bertz CT molecular complexity index is 524. The fourth-order valence-electron chi connectivity index (χ4n) is 1.59.